The Labute approximate surface area is 152 Å². The smallest absolute Gasteiger partial charge is 0.343 e. The molecule has 0 heterocycles. The van der Waals surface area contributed by atoms with E-state index in [2.05, 4.69) is 0 Å². The summed E-state index contributed by atoms with van der Waals surface area (Å²) in [6.45, 7) is 0. The lowest BCUT2D eigenvalue weighted by Crippen LogP contribution is -2.12. The van der Waals surface area contributed by atoms with Gasteiger partial charge in [-0.05, 0) is 48.4 Å². The zero-order chi connectivity index (χ0) is 18.4. The van der Waals surface area contributed by atoms with Crippen LogP contribution in [0, 0.1) is 0 Å². The van der Waals surface area contributed by atoms with Crippen molar-refractivity contribution in [1.82, 2.24) is 0 Å². The number of ether oxygens (including phenoxy) is 1. The fourth-order valence-corrected chi connectivity index (χ4v) is 2.60. The van der Waals surface area contributed by atoms with Crippen LogP contribution in [0.4, 0.5) is 5.69 Å². The number of ketones is 1. The summed E-state index contributed by atoms with van der Waals surface area (Å²) in [6, 6.07) is 23.1. The highest BCUT2D eigenvalue weighted by molar-refractivity contribution is 6.00. The van der Waals surface area contributed by atoms with Crippen molar-refractivity contribution in [1.29, 1.82) is 0 Å². The van der Waals surface area contributed by atoms with E-state index in [1.165, 1.54) is 0 Å². The maximum Gasteiger partial charge on any atom is 0.343 e. The van der Waals surface area contributed by atoms with Crippen LogP contribution in [-0.4, -0.2) is 11.8 Å². The maximum absolute atomic E-state index is 12.6. The number of aryl methyl sites for hydroxylation is 1. The molecule has 0 radical (unpaired) electrons. The molecule has 26 heavy (non-hydrogen) atoms. The number of carbonyl (C=O) groups is 2. The van der Waals surface area contributed by atoms with Gasteiger partial charge in [-0.3, -0.25) is 4.79 Å². The average Bonchev–Trinajstić information content (AvgIpc) is 2.68. The first-order chi connectivity index (χ1) is 12.6. The Morgan fingerprint density at radius 1 is 0.808 bits per heavy atom. The quantitative estimate of drug-likeness (QED) is 0.313. The normalized spacial score (nSPS) is 10.3. The van der Waals surface area contributed by atoms with Crippen molar-refractivity contribution in [3.63, 3.8) is 0 Å². The molecule has 3 aromatic rings. The minimum absolute atomic E-state index is 0.0606. The number of benzene rings is 3. The van der Waals surface area contributed by atoms with Gasteiger partial charge in [-0.25, -0.2) is 4.79 Å². The summed E-state index contributed by atoms with van der Waals surface area (Å²) in [5, 5.41) is 0. The predicted octanol–water partition coefficient (Wildman–Crippen LogP) is 4.30. The summed E-state index contributed by atoms with van der Waals surface area (Å²) in [6.07, 6.45) is 0.986. The van der Waals surface area contributed by atoms with E-state index in [4.69, 9.17) is 10.5 Å². The second kappa shape index (κ2) is 8.12. The average molecular weight is 345 g/mol. The standard InChI is InChI=1S/C22H19NO3/c23-18-13-11-17(12-14-18)22(25)26-21-9-5-4-8-19(21)20(24)15-10-16-6-2-1-3-7-16/h1-9,11-14H,10,15,23H2. The summed E-state index contributed by atoms with van der Waals surface area (Å²) in [4.78, 5) is 24.9. The van der Waals surface area contributed by atoms with Crippen LogP contribution >= 0.6 is 0 Å². The van der Waals surface area contributed by atoms with Crippen LogP contribution in [-0.2, 0) is 6.42 Å². The van der Waals surface area contributed by atoms with Crippen LogP contribution < -0.4 is 10.5 Å². The molecule has 0 aliphatic heterocycles. The van der Waals surface area contributed by atoms with E-state index >= 15 is 0 Å². The topological polar surface area (TPSA) is 69.4 Å². The number of esters is 1. The minimum atomic E-state index is -0.520. The Morgan fingerprint density at radius 3 is 2.19 bits per heavy atom. The Morgan fingerprint density at radius 2 is 1.46 bits per heavy atom. The largest absolute Gasteiger partial charge is 0.422 e. The van der Waals surface area contributed by atoms with E-state index in [1.54, 1.807) is 48.5 Å². The van der Waals surface area contributed by atoms with E-state index in [9.17, 15) is 9.59 Å². The molecule has 0 saturated carbocycles. The van der Waals surface area contributed by atoms with Crippen molar-refractivity contribution in [3.05, 3.63) is 95.6 Å². The van der Waals surface area contributed by atoms with Gasteiger partial charge >= 0.3 is 5.97 Å². The molecule has 0 spiro atoms. The first kappa shape index (κ1) is 17.4. The highest BCUT2D eigenvalue weighted by atomic mass is 16.5. The highest BCUT2D eigenvalue weighted by Crippen LogP contribution is 2.22. The van der Waals surface area contributed by atoms with E-state index < -0.39 is 5.97 Å². The zero-order valence-electron chi connectivity index (χ0n) is 14.2. The van der Waals surface area contributed by atoms with Crippen LogP contribution in [0.25, 0.3) is 0 Å². The van der Waals surface area contributed by atoms with Gasteiger partial charge in [-0.2, -0.15) is 0 Å². The molecule has 0 fully saturated rings. The van der Waals surface area contributed by atoms with Crippen molar-refractivity contribution >= 4 is 17.4 Å². The molecule has 0 aliphatic carbocycles. The molecular weight excluding hydrogens is 326 g/mol. The van der Waals surface area contributed by atoms with Crippen molar-refractivity contribution in [2.75, 3.05) is 5.73 Å². The molecule has 0 atom stereocenters. The number of para-hydroxylation sites is 1. The van der Waals surface area contributed by atoms with Gasteiger partial charge in [0, 0.05) is 12.1 Å². The summed E-state index contributed by atoms with van der Waals surface area (Å²) in [5.41, 5.74) is 8.08. The number of carbonyl (C=O) groups excluding carboxylic acids is 2. The molecule has 2 N–H and O–H groups in total. The Bertz CT molecular complexity index is 902. The Kier molecular flexibility index (Phi) is 5.44. The molecule has 3 rings (SSSR count). The van der Waals surface area contributed by atoms with Gasteiger partial charge < -0.3 is 10.5 Å². The van der Waals surface area contributed by atoms with E-state index in [1.807, 2.05) is 30.3 Å². The molecule has 130 valence electrons. The van der Waals surface area contributed by atoms with E-state index in [0.29, 0.717) is 29.7 Å². The van der Waals surface area contributed by atoms with Gasteiger partial charge in [0.2, 0.25) is 0 Å². The third kappa shape index (κ3) is 4.36. The minimum Gasteiger partial charge on any atom is -0.422 e. The third-order valence-corrected chi connectivity index (χ3v) is 4.02. The predicted molar refractivity (Wildman–Crippen MR) is 101 cm³/mol. The molecule has 0 amide bonds. The van der Waals surface area contributed by atoms with Crippen molar-refractivity contribution < 1.29 is 14.3 Å². The molecule has 0 saturated heterocycles. The van der Waals surface area contributed by atoms with Gasteiger partial charge in [-0.1, -0.05) is 42.5 Å². The molecule has 0 aromatic heterocycles. The monoisotopic (exact) mass is 345 g/mol. The lowest BCUT2D eigenvalue weighted by molar-refractivity contribution is 0.0732. The van der Waals surface area contributed by atoms with Crippen molar-refractivity contribution in [3.8, 4) is 5.75 Å². The number of anilines is 1. The molecule has 0 aliphatic rings. The molecule has 3 aromatic carbocycles. The summed E-state index contributed by atoms with van der Waals surface area (Å²) in [7, 11) is 0. The van der Waals surface area contributed by atoms with E-state index in [0.717, 1.165) is 5.56 Å². The lowest BCUT2D eigenvalue weighted by atomic mass is 10.0. The summed E-state index contributed by atoms with van der Waals surface area (Å²) >= 11 is 0. The summed E-state index contributed by atoms with van der Waals surface area (Å²) in [5.74, 6) is -0.310. The molecule has 0 bridgehead atoms. The number of nitrogens with two attached hydrogens (primary N) is 1. The first-order valence-corrected chi connectivity index (χ1v) is 8.37. The van der Waals surface area contributed by atoms with Gasteiger partial charge in [0.15, 0.2) is 5.78 Å². The Balaban J connectivity index is 1.72. The van der Waals surface area contributed by atoms with Crippen molar-refractivity contribution in [2.24, 2.45) is 0 Å². The molecule has 0 unspecified atom stereocenters. The number of Topliss-reactive ketones (excluding diaryl/α,β-unsaturated/α-hetero) is 1. The maximum atomic E-state index is 12.6. The van der Waals surface area contributed by atoms with Crippen LogP contribution in [0.5, 0.6) is 5.75 Å². The highest BCUT2D eigenvalue weighted by Gasteiger charge is 2.16. The number of hydrogen-bond acceptors (Lipinski definition) is 4. The van der Waals surface area contributed by atoms with Crippen LogP contribution in [0.1, 0.15) is 32.7 Å². The number of hydrogen-bond donors (Lipinski definition) is 1. The molecule has 4 nitrogen and oxygen atoms in total. The third-order valence-electron chi connectivity index (χ3n) is 4.02. The fourth-order valence-electron chi connectivity index (χ4n) is 2.60. The van der Waals surface area contributed by atoms with Crippen LogP contribution in [0.3, 0.4) is 0 Å². The number of nitrogen functional groups attached to an aromatic ring is 1. The molecule has 4 heteroatoms. The van der Waals surface area contributed by atoms with E-state index in [-0.39, 0.29) is 11.5 Å². The fraction of sp³-hybridized carbons (Fsp3) is 0.0909. The van der Waals surface area contributed by atoms with Gasteiger partial charge in [0.05, 0.1) is 11.1 Å². The second-order valence-corrected chi connectivity index (χ2v) is 5.92. The van der Waals surface area contributed by atoms with Gasteiger partial charge in [0.25, 0.3) is 0 Å². The van der Waals surface area contributed by atoms with Gasteiger partial charge in [0.1, 0.15) is 5.75 Å². The van der Waals surface area contributed by atoms with Gasteiger partial charge in [-0.15, -0.1) is 0 Å². The lowest BCUT2D eigenvalue weighted by Gasteiger charge is -2.09. The SMILES string of the molecule is Nc1ccc(C(=O)Oc2ccccc2C(=O)CCc2ccccc2)cc1. The van der Waals surface area contributed by atoms with Crippen molar-refractivity contribution in [2.45, 2.75) is 12.8 Å². The zero-order valence-corrected chi connectivity index (χ0v) is 14.2. The second-order valence-electron chi connectivity index (χ2n) is 5.92. The molecular formula is C22H19NO3. The Hall–Kier alpha value is -3.40. The van der Waals surface area contributed by atoms with Crippen LogP contribution in [0.15, 0.2) is 78.9 Å². The first-order valence-electron chi connectivity index (χ1n) is 8.37. The van der Waals surface area contributed by atoms with Crippen LogP contribution in [0.2, 0.25) is 0 Å². The number of rotatable bonds is 6. The summed E-state index contributed by atoms with van der Waals surface area (Å²) < 4.78 is 5.44.